The molecule has 1 aromatic heterocycles. The summed E-state index contributed by atoms with van der Waals surface area (Å²) in [6, 6.07) is 1.35. The zero-order valence-electron chi connectivity index (χ0n) is 7.11. The molecule has 0 saturated heterocycles. The predicted octanol–water partition coefficient (Wildman–Crippen LogP) is 1.15. The van der Waals surface area contributed by atoms with Crippen LogP contribution in [0.5, 0.6) is 5.75 Å². The van der Waals surface area contributed by atoms with E-state index in [1.54, 1.807) is 0 Å². The first-order chi connectivity index (χ1) is 5.96. The molecule has 0 atom stereocenters. The molecule has 0 N–H and O–H groups in total. The molecule has 0 saturated carbocycles. The highest BCUT2D eigenvalue weighted by Crippen LogP contribution is 2.29. The molecule has 13 heavy (non-hydrogen) atoms. The topological polar surface area (TPSA) is 56.3 Å². The molecule has 0 aliphatic carbocycles. The summed E-state index contributed by atoms with van der Waals surface area (Å²) in [5.74, 6) is 0.0895. The molecule has 4 nitrogen and oxygen atoms in total. The van der Waals surface area contributed by atoms with E-state index >= 15 is 0 Å². The van der Waals surface area contributed by atoms with Crippen molar-refractivity contribution in [2.75, 3.05) is 13.4 Å². The average Bonchev–Trinajstić information content (AvgIpc) is 2.02. The third kappa shape index (κ3) is 2.10. The maximum atomic E-state index is 11.2. The SMILES string of the molecule is COc1c(S(C)(=O)=O)ccnc1Cl. The molecule has 0 unspecified atom stereocenters. The van der Waals surface area contributed by atoms with Crippen molar-refractivity contribution in [1.82, 2.24) is 4.98 Å². The van der Waals surface area contributed by atoms with Crippen molar-refractivity contribution < 1.29 is 13.2 Å². The van der Waals surface area contributed by atoms with E-state index in [1.165, 1.54) is 19.4 Å². The summed E-state index contributed by atoms with van der Waals surface area (Å²) in [4.78, 5) is 3.75. The van der Waals surface area contributed by atoms with Gasteiger partial charge in [-0.25, -0.2) is 13.4 Å². The van der Waals surface area contributed by atoms with Gasteiger partial charge >= 0.3 is 0 Å². The summed E-state index contributed by atoms with van der Waals surface area (Å²) in [5, 5.41) is 0.0467. The highest BCUT2D eigenvalue weighted by molar-refractivity contribution is 7.90. The van der Waals surface area contributed by atoms with Gasteiger partial charge in [0.05, 0.1) is 7.11 Å². The minimum atomic E-state index is -3.32. The van der Waals surface area contributed by atoms with Gasteiger partial charge < -0.3 is 4.74 Å². The number of hydrogen-bond acceptors (Lipinski definition) is 4. The third-order valence-corrected chi connectivity index (χ3v) is 2.82. The van der Waals surface area contributed by atoms with Crippen LogP contribution in [-0.2, 0) is 9.84 Å². The minimum Gasteiger partial charge on any atom is -0.492 e. The minimum absolute atomic E-state index is 0.0467. The maximum Gasteiger partial charge on any atom is 0.179 e. The van der Waals surface area contributed by atoms with E-state index in [0.717, 1.165) is 6.26 Å². The Morgan fingerprint density at radius 2 is 2.15 bits per heavy atom. The van der Waals surface area contributed by atoms with E-state index in [4.69, 9.17) is 16.3 Å². The summed E-state index contributed by atoms with van der Waals surface area (Å²) in [6.07, 6.45) is 2.41. The van der Waals surface area contributed by atoms with Crippen LogP contribution in [-0.4, -0.2) is 26.8 Å². The second-order valence-corrected chi connectivity index (χ2v) is 4.75. The lowest BCUT2D eigenvalue weighted by molar-refractivity contribution is 0.401. The van der Waals surface area contributed by atoms with Crippen molar-refractivity contribution in [1.29, 1.82) is 0 Å². The second-order valence-electron chi connectivity index (χ2n) is 2.41. The van der Waals surface area contributed by atoms with Gasteiger partial charge in [0, 0.05) is 12.5 Å². The Bertz CT molecular complexity index is 416. The Hall–Kier alpha value is -0.810. The Morgan fingerprint density at radius 3 is 2.54 bits per heavy atom. The Labute approximate surface area is 81.4 Å². The van der Waals surface area contributed by atoms with Crippen molar-refractivity contribution in [3.8, 4) is 5.75 Å². The highest BCUT2D eigenvalue weighted by Gasteiger charge is 2.16. The van der Waals surface area contributed by atoms with Crippen molar-refractivity contribution in [3.05, 3.63) is 17.4 Å². The molecule has 0 aromatic carbocycles. The summed E-state index contributed by atoms with van der Waals surface area (Å²) in [7, 11) is -1.97. The number of halogens is 1. The largest absolute Gasteiger partial charge is 0.492 e. The zero-order valence-corrected chi connectivity index (χ0v) is 8.69. The van der Waals surface area contributed by atoms with Crippen LogP contribution in [0.25, 0.3) is 0 Å². The van der Waals surface area contributed by atoms with Crippen LogP contribution < -0.4 is 4.74 Å². The van der Waals surface area contributed by atoms with Gasteiger partial charge in [-0.3, -0.25) is 0 Å². The quantitative estimate of drug-likeness (QED) is 0.703. The molecule has 0 bridgehead atoms. The van der Waals surface area contributed by atoms with E-state index in [2.05, 4.69) is 4.98 Å². The van der Waals surface area contributed by atoms with Crippen molar-refractivity contribution in [3.63, 3.8) is 0 Å². The second kappa shape index (κ2) is 3.51. The number of pyridine rings is 1. The van der Waals surface area contributed by atoms with Gasteiger partial charge in [-0.1, -0.05) is 11.6 Å². The Balaban J connectivity index is 3.47. The van der Waals surface area contributed by atoms with Crippen LogP contribution in [0.3, 0.4) is 0 Å². The molecule has 0 fully saturated rings. The Kier molecular flexibility index (Phi) is 2.77. The summed E-state index contributed by atoms with van der Waals surface area (Å²) >= 11 is 5.64. The lowest BCUT2D eigenvalue weighted by atomic mass is 10.4. The molecule has 1 aromatic rings. The molecular weight excluding hydrogens is 214 g/mol. The molecule has 0 aliphatic rings. The van der Waals surface area contributed by atoms with Crippen molar-refractivity contribution in [2.24, 2.45) is 0 Å². The number of rotatable bonds is 2. The number of nitrogens with zero attached hydrogens (tertiary/aromatic N) is 1. The van der Waals surface area contributed by atoms with E-state index in [9.17, 15) is 8.42 Å². The smallest absolute Gasteiger partial charge is 0.179 e. The molecule has 0 radical (unpaired) electrons. The maximum absolute atomic E-state index is 11.2. The first kappa shape index (κ1) is 10.3. The third-order valence-electron chi connectivity index (χ3n) is 1.43. The van der Waals surface area contributed by atoms with Gasteiger partial charge in [-0.15, -0.1) is 0 Å². The summed E-state index contributed by atoms with van der Waals surface area (Å²) in [5.41, 5.74) is 0. The van der Waals surface area contributed by atoms with Crippen LogP contribution in [0.2, 0.25) is 5.15 Å². The number of sulfone groups is 1. The van der Waals surface area contributed by atoms with Gasteiger partial charge in [0.1, 0.15) is 4.90 Å². The average molecular weight is 222 g/mol. The van der Waals surface area contributed by atoms with E-state index in [-0.39, 0.29) is 15.8 Å². The zero-order chi connectivity index (χ0) is 10.1. The monoisotopic (exact) mass is 221 g/mol. The standard InChI is InChI=1S/C7H8ClNO3S/c1-12-6-5(13(2,10)11)3-4-9-7(6)8/h3-4H,1-2H3. The van der Waals surface area contributed by atoms with Crippen LogP contribution in [0.4, 0.5) is 0 Å². The van der Waals surface area contributed by atoms with Gasteiger partial charge in [0.25, 0.3) is 0 Å². The molecule has 1 heterocycles. The van der Waals surface area contributed by atoms with Gasteiger partial charge in [0.2, 0.25) is 0 Å². The van der Waals surface area contributed by atoms with E-state index in [0.29, 0.717) is 0 Å². The molecule has 0 spiro atoms. The first-order valence-corrected chi connectivity index (χ1v) is 5.62. The highest BCUT2D eigenvalue weighted by atomic mass is 35.5. The van der Waals surface area contributed by atoms with Crippen LogP contribution in [0.15, 0.2) is 17.2 Å². The molecule has 0 aliphatic heterocycles. The lowest BCUT2D eigenvalue weighted by Gasteiger charge is -2.06. The number of methoxy groups -OCH3 is 1. The fraction of sp³-hybridized carbons (Fsp3) is 0.286. The van der Waals surface area contributed by atoms with Gasteiger partial charge in [-0.05, 0) is 6.07 Å². The molecule has 1 rings (SSSR count). The number of hydrogen-bond donors (Lipinski definition) is 0. The van der Waals surface area contributed by atoms with Crippen molar-refractivity contribution >= 4 is 21.4 Å². The van der Waals surface area contributed by atoms with Crippen LogP contribution in [0, 0.1) is 0 Å². The van der Waals surface area contributed by atoms with Crippen LogP contribution in [0.1, 0.15) is 0 Å². The fourth-order valence-corrected chi connectivity index (χ4v) is 2.00. The first-order valence-electron chi connectivity index (χ1n) is 3.35. The summed E-state index contributed by atoms with van der Waals surface area (Å²) in [6.45, 7) is 0. The predicted molar refractivity (Wildman–Crippen MR) is 48.9 cm³/mol. The lowest BCUT2D eigenvalue weighted by Crippen LogP contribution is -2.01. The molecule has 0 amide bonds. The van der Waals surface area contributed by atoms with Crippen molar-refractivity contribution in [2.45, 2.75) is 4.90 Å². The van der Waals surface area contributed by atoms with E-state index in [1.807, 2.05) is 0 Å². The normalized spacial score (nSPS) is 11.3. The van der Waals surface area contributed by atoms with Crippen LogP contribution >= 0.6 is 11.6 Å². The fourth-order valence-electron chi connectivity index (χ4n) is 0.883. The Morgan fingerprint density at radius 1 is 1.54 bits per heavy atom. The summed E-state index contributed by atoms with van der Waals surface area (Å²) < 4.78 is 27.2. The van der Waals surface area contributed by atoms with Gasteiger partial charge in [-0.2, -0.15) is 0 Å². The number of aromatic nitrogens is 1. The molecular formula is C7H8ClNO3S. The number of ether oxygens (including phenoxy) is 1. The van der Waals surface area contributed by atoms with Gasteiger partial charge in [0.15, 0.2) is 20.7 Å². The molecule has 6 heteroatoms. The molecule has 72 valence electrons. The van der Waals surface area contributed by atoms with E-state index < -0.39 is 9.84 Å².